The van der Waals surface area contributed by atoms with Crippen LogP contribution in [0.25, 0.3) is 0 Å². The van der Waals surface area contributed by atoms with Gasteiger partial charge in [0.2, 0.25) is 11.9 Å². The average Bonchev–Trinajstić information content (AvgIpc) is 3.00. The van der Waals surface area contributed by atoms with E-state index >= 15 is 0 Å². The number of nitrogens with zero attached hydrogens (tertiary/aromatic N) is 6. The van der Waals surface area contributed by atoms with Crippen LogP contribution in [-0.2, 0) is 19.1 Å². The molecule has 0 amide bonds. The summed E-state index contributed by atoms with van der Waals surface area (Å²) in [5, 5.41) is 0. The summed E-state index contributed by atoms with van der Waals surface area (Å²) in [4.78, 5) is 46.8. The Morgan fingerprint density at radius 2 is 1.00 bits per heavy atom. The second kappa shape index (κ2) is 12.9. The highest BCUT2D eigenvalue weighted by Crippen LogP contribution is 2.41. The molecule has 0 radical (unpaired) electrons. The van der Waals surface area contributed by atoms with Crippen LogP contribution in [0.2, 0.25) is 0 Å². The summed E-state index contributed by atoms with van der Waals surface area (Å²) in [6, 6.07) is 0. The van der Waals surface area contributed by atoms with E-state index in [0.29, 0.717) is 75.3 Å². The molecule has 0 saturated carbocycles. The maximum atomic E-state index is 12.5. The summed E-state index contributed by atoms with van der Waals surface area (Å²) in [6.45, 7) is 11.0. The molecule has 4 rings (SSSR count). The highest BCUT2D eigenvalue weighted by molar-refractivity contribution is 6.20. The third-order valence-electron chi connectivity index (χ3n) is 8.95. The smallest absolute Gasteiger partial charge is 0.526 e. The summed E-state index contributed by atoms with van der Waals surface area (Å²) in [6.07, 6.45) is 9.20. The largest absolute Gasteiger partial charge is 0.576 e. The minimum absolute atomic E-state index is 0.0507. The molecule has 12 nitrogen and oxygen atoms in total. The van der Waals surface area contributed by atoms with Crippen LogP contribution in [0.4, 0.5) is 11.9 Å². The lowest BCUT2D eigenvalue weighted by Gasteiger charge is -2.42. The molecule has 0 spiro atoms. The Balaban J connectivity index is 1.24. The topological polar surface area (TPSA) is 129 Å². The Hall–Kier alpha value is -3.64. The molecular weight excluding hydrogens is 527 g/mol. The van der Waals surface area contributed by atoms with Crippen LogP contribution >= 0.6 is 0 Å². The van der Waals surface area contributed by atoms with Gasteiger partial charge in [-0.25, -0.2) is 19.9 Å². The fourth-order valence-corrected chi connectivity index (χ4v) is 5.91. The first-order valence-electron chi connectivity index (χ1n) is 14.2. The molecule has 41 heavy (non-hydrogen) atoms. The van der Waals surface area contributed by atoms with E-state index in [0.717, 1.165) is 0 Å². The van der Waals surface area contributed by atoms with Crippen molar-refractivity contribution in [2.24, 2.45) is 22.7 Å². The molecule has 0 bridgehead atoms. The number of aromatic nitrogens is 4. The van der Waals surface area contributed by atoms with Crippen molar-refractivity contribution in [1.29, 1.82) is 0 Å². The van der Waals surface area contributed by atoms with Crippen molar-refractivity contribution in [1.82, 2.24) is 19.9 Å². The summed E-state index contributed by atoms with van der Waals surface area (Å²) in [5.74, 6) is 2.24. The predicted molar refractivity (Wildman–Crippen MR) is 154 cm³/mol. The summed E-state index contributed by atoms with van der Waals surface area (Å²) in [7, 11) is 2.85. The van der Waals surface area contributed by atoms with Crippen LogP contribution in [-0.4, -0.2) is 80.0 Å². The maximum Gasteiger partial charge on any atom is 0.576 e. The van der Waals surface area contributed by atoms with E-state index in [1.165, 1.54) is 14.2 Å². The monoisotopic (exact) mass is 568 g/mol. The van der Waals surface area contributed by atoms with E-state index in [1.807, 2.05) is 0 Å². The Morgan fingerprint density at radius 3 is 1.27 bits per heavy atom. The molecule has 2 aromatic heterocycles. The normalized spacial score (nSPS) is 18.1. The first-order chi connectivity index (χ1) is 19.6. The van der Waals surface area contributed by atoms with Gasteiger partial charge in [-0.05, 0) is 37.5 Å². The number of carbonyl (C=O) groups excluding carboxylic acids is 2. The predicted octanol–water partition coefficient (Wildman–Crippen LogP) is 2.82. The van der Waals surface area contributed by atoms with E-state index in [4.69, 9.17) is 18.8 Å². The van der Waals surface area contributed by atoms with Gasteiger partial charge in [-0.2, -0.15) is 0 Å². The summed E-state index contributed by atoms with van der Waals surface area (Å²) < 4.78 is 21.5. The quantitative estimate of drug-likeness (QED) is 0.309. The van der Waals surface area contributed by atoms with Crippen LogP contribution in [0.1, 0.15) is 53.4 Å². The molecule has 222 valence electrons. The Morgan fingerprint density at radius 1 is 0.683 bits per heavy atom. The van der Waals surface area contributed by atoms with Gasteiger partial charge in [0.15, 0.2) is 0 Å². The highest BCUT2D eigenvalue weighted by Gasteiger charge is 2.46. The molecule has 13 heteroatoms. The van der Waals surface area contributed by atoms with Gasteiger partial charge in [0.05, 0.1) is 49.8 Å². The molecule has 0 atom stereocenters. The number of methoxy groups -OCH3 is 2. The molecule has 0 unspecified atom stereocenters. The standard InChI is InChI=1S/C28H41BN6O6/c1-19(2)27(23(36)38-5)7-11-34(12-8-27)25-30-15-21(16-31-25)40-29-41-22-17-32-26(33-18-22)35-13-9-28(10-14-35,20(3)4)24(37)39-6/h15-20,29H,7-14H2,1-6H3. The molecule has 4 heterocycles. The minimum Gasteiger partial charge on any atom is -0.526 e. The third-order valence-corrected chi connectivity index (χ3v) is 8.95. The van der Waals surface area contributed by atoms with Gasteiger partial charge >= 0.3 is 19.6 Å². The van der Waals surface area contributed by atoms with E-state index in [1.54, 1.807) is 24.8 Å². The first kappa shape index (κ1) is 30.3. The van der Waals surface area contributed by atoms with Crippen molar-refractivity contribution in [2.75, 3.05) is 50.2 Å². The zero-order valence-corrected chi connectivity index (χ0v) is 25.0. The third kappa shape index (κ3) is 6.33. The second-order valence-electron chi connectivity index (χ2n) is 11.4. The van der Waals surface area contributed by atoms with Gasteiger partial charge in [-0.15, -0.1) is 0 Å². The molecule has 2 aliphatic rings. The highest BCUT2D eigenvalue weighted by atomic mass is 16.6. The van der Waals surface area contributed by atoms with Crippen molar-refractivity contribution >= 4 is 31.5 Å². The van der Waals surface area contributed by atoms with Gasteiger partial charge in [0, 0.05) is 26.2 Å². The van der Waals surface area contributed by atoms with Gasteiger partial charge in [0.25, 0.3) is 0 Å². The van der Waals surface area contributed by atoms with Crippen molar-refractivity contribution in [3.63, 3.8) is 0 Å². The zero-order chi connectivity index (χ0) is 29.6. The molecule has 2 fully saturated rings. The fraction of sp³-hybridized carbons (Fsp3) is 0.643. The molecule has 0 aromatic carbocycles. The van der Waals surface area contributed by atoms with Gasteiger partial charge in [-0.1, -0.05) is 27.7 Å². The van der Waals surface area contributed by atoms with Gasteiger partial charge in [0.1, 0.15) is 11.5 Å². The fourth-order valence-electron chi connectivity index (χ4n) is 5.91. The minimum atomic E-state index is -0.467. The second-order valence-corrected chi connectivity index (χ2v) is 11.4. The first-order valence-corrected chi connectivity index (χ1v) is 14.2. The number of hydrogen-bond acceptors (Lipinski definition) is 12. The van der Waals surface area contributed by atoms with Crippen molar-refractivity contribution in [2.45, 2.75) is 53.4 Å². The number of esters is 2. The maximum absolute atomic E-state index is 12.5. The molecule has 0 aliphatic carbocycles. The number of piperidine rings is 2. The summed E-state index contributed by atoms with van der Waals surface area (Å²) >= 11 is 0. The number of rotatable bonds is 10. The van der Waals surface area contributed by atoms with Crippen LogP contribution in [0.3, 0.4) is 0 Å². The molecule has 2 aliphatic heterocycles. The zero-order valence-electron chi connectivity index (χ0n) is 25.0. The molecule has 2 saturated heterocycles. The van der Waals surface area contributed by atoms with Crippen LogP contribution in [0, 0.1) is 22.7 Å². The Bertz CT molecular complexity index is 1070. The van der Waals surface area contributed by atoms with E-state index in [-0.39, 0.29) is 31.5 Å². The van der Waals surface area contributed by atoms with Crippen molar-refractivity contribution in [3.8, 4) is 11.5 Å². The number of carbonyl (C=O) groups is 2. The molecule has 2 aromatic rings. The summed E-state index contributed by atoms with van der Waals surface area (Å²) in [5.41, 5.74) is -0.934. The lowest BCUT2D eigenvalue weighted by molar-refractivity contribution is -0.158. The average molecular weight is 568 g/mol. The van der Waals surface area contributed by atoms with E-state index in [2.05, 4.69) is 57.4 Å². The van der Waals surface area contributed by atoms with Crippen LogP contribution < -0.4 is 19.1 Å². The molecule has 0 N–H and O–H groups in total. The van der Waals surface area contributed by atoms with Gasteiger partial charge in [-0.3, -0.25) is 9.59 Å². The Kier molecular flexibility index (Phi) is 9.55. The number of ether oxygens (including phenoxy) is 2. The number of hydrogen-bond donors (Lipinski definition) is 0. The SMILES string of the molecule is COC(=O)C1(C(C)C)CCN(c2ncc(OBOc3cnc(N4CCC(C(=O)OC)(C(C)C)CC4)nc3)cn2)CC1. The van der Waals surface area contributed by atoms with E-state index < -0.39 is 10.8 Å². The van der Waals surface area contributed by atoms with Crippen LogP contribution in [0.5, 0.6) is 11.5 Å². The van der Waals surface area contributed by atoms with Gasteiger partial charge < -0.3 is 28.6 Å². The van der Waals surface area contributed by atoms with E-state index in [9.17, 15) is 9.59 Å². The lowest BCUT2D eigenvalue weighted by atomic mass is 9.70. The van der Waals surface area contributed by atoms with Crippen molar-refractivity contribution in [3.05, 3.63) is 24.8 Å². The van der Waals surface area contributed by atoms with Crippen molar-refractivity contribution < 1.29 is 28.4 Å². The Labute approximate surface area is 242 Å². The number of anilines is 2. The van der Waals surface area contributed by atoms with Crippen LogP contribution in [0.15, 0.2) is 24.8 Å². The lowest BCUT2D eigenvalue weighted by Crippen LogP contribution is -2.48. The molecular formula is C28H41BN6O6.